The van der Waals surface area contributed by atoms with Gasteiger partial charge in [-0.1, -0.05) is 40.9 Å². The SMILES string of the molecule is ClC(CN1CCCCCC1)c1cccc(Br)c1. The van der Waals surface area contributed by atoms with Gasteiger partial charge >= 0.3 is 0 Å². The van der Waals surface area contributed by atoms with Crippen LogP contribution in [0.1, 0.15) is 36.6 Å². The molecule has 2 rings (SSSR count). The fraction of sp³-hybridized carbons (Fsp3) is 0.571. The van der Waals surface area contributed by atoms with Crippen molar-refractivity contribution in [2.45, 2.75) is 31.1 Å². The minimum atomic E-state index is 0.102. The summed E-state index contributed by atoms with van der Waals surface area (Å²) in [5, 5.41) is 0.102. The second-order valence-electron chi connectivity index (χ2n) is 4.74. The van der Waals surface area contributed by atoms with Gasteiger partial charge in [0.2, 0.25) is 0 Å². The molecule has 1 fully saturated rings. The Balaban J connectivity index is 1.93. The third-order valence-electron chi connectivity index (χ3n) is 3.33. The van der Waals surface area contributed by atoms with Crippen LogP contribution in [-0.4, -0.2) is 24.5 Å². The largest absolute Gasteiger partial charge is 0.302 e. The molecule has 1 nitrogen and oxygen atoms in total. The lowest BCUT2D eigenvalue weighted by molar-refractivity contribution is 0.285. The van der Waals surface area contributed by atoms with Crippen LogP contribution in [0.25, 0.3) is 0 Å². The molecule has 94 valence electrons. The van der Waals surface area contributed by atoms with Gasteiger partial charge in [-0.2, -0.15) is 0 Å². The molecule has 1 aliphatic rings. The maximum Gasteiger partial charge on any atom is 0.0712 e. The smallest absolute Gasteiger partial charge is 0.0712 e. The van der Waals surface area contributed by atoms with E-state index in [0.29, 0.717) is 0 Å². The highest BCUT2D eigenvalue weighted by atomic mass is 79.9. The molecule has 1 aromatic carbocycles. The number of nitrogens with zero attached hydrogens (tertiary/aromatic N) is 1. The Morgan fingerprint density at radius 1 is 1.18 bits per heavy atom. The third kappa shape index (κ3) is 4.27. The molecule has 1 saturated heterocycles. The molecule has 0 N–H and O–H groups in total. The zero-order valence-electron chi connectivity index (χ0n) is 10.0. The molecule has 0 aromatic heterocycles. The zero-order chi connectivity index (χ0) is 12.1. The van der Waals surface area contributed by atoms with Crippen molar-refractivity contribution in [1.29, 1.82) is 0 Å². The van der Waals surface area contributed by atoms with Crippen LogP contribution >= 0.6 is 27.5 Å². The Morgan fingerprint density at radius 3 is 2.53 bits per heavy atom. The maximum absolute atomic E-state index is 6.50. The molecular weight excluding hydrogens is 298 g/mol. The van der Waals surface area contributed by atoms with E-state index in [0.717, 1.165) is 11.0 Å². The lowest BCUT2D eigenvalue weighted by Crippen LogP contribution is -2.28. The van der Waals surface area contributed by atoms with E-state index in [1.807, 2.05) is 6.07 Å². The summed E-state index contributed by atoms with van der Waals surface area (Å²) in [7, 11) is 0. The van der Waals surface area contributed by atoms with Crippen molar-refractivity contribution in [2.75, 3.05) is 19.6 Å². The zero-order valence-corrected chi connectivity index (χ0v) is 12.4. The normalized spacial score (nSPS) is 19.9. The van der Waals surface area contributed by atoms with Crippen LogP contribution in [0, 0.1) is 0 Å². The summed E-state index contributed by atoms with van der Waals surface area (Å²) in [6.45, 7) is 3.38. The van der Waals surface area contributed by atoms with Gasteiger partial charge < -0.3 is 4.90 Å². The van der Waals surface area contributed by atoms with Gasteiger partial charge in [0.25, 0.3) is 0 Å². The van der Waals surface area contributed by atoms with Crippen LogP contribution in [0.3, 0.4) is 0 Å². The number of likely N-dealkylation sites (tertiary alicyclic amines) is 1. The first-order chi connectivity index (χ1) is 8.25. The Bertz CT molecular complexity index is 348. The molecule has 0 saturated carbocycles. The fourth-order valence-electron chi connectivity index (χ4n) is 2.35. The number of hydrogen-bond acceptors (Lipinski definition) is 1. The summed E-state index contributed by atoms with van der Waals surface area (Å²) >= 11 is 10.00. The minimum Gasteiger partial charge on any atom is -0.302 e. The van der Waals surface area contributed by atoms with Crippen molar-refractivity contribution in [3.63, 3.8) is 0 Å². The highest BCUT2D eigenvalue weighted by molar-refractivity contribution is 9.10. The van der Waals surface area contributed by atoms with Crippen LogP contribution in [0.2, 0.25) is 0 Å². The number of rotatable bonds is 3. The Kier molecular flexibility index (Phi) is 5.33. The first-order valence-electron chi connectivity index (χ1n) is 6.37. The topological polar surface area (TPSA) is 3.24 Å². The van der Waals surface area contributed by atoms with Gasteiger partial charge in [0.1, 0.15) is 0 Å². The van der Waals surface area contributed by atoms with E-state index in [9.17, 15) is 0 Å². The standard InChI is InChI=1S/C14H19BrClN/c15-13-7-5-6-12(10-13)14(16)11-17-8-3-1-2-4-9-17/h5-7,10,14H,1-4,8-9,11H2. The second-order valence-corrected chi connectivity index (χ2v) is 6.18. The van der Waals surface area contributed by atoms with E-state index in [2.05, 4.69) is 39.0 Å². The summed E-state index contributed by atoms with van der Waals surface area (Å²) in [5.41, 5.74) is 1.21. The van der Waals surface area contributed by atoms with E-state index < -0.39 is 0 Å². The van der Waals surface area contributed by atoms with Gasteiger partial charge in [-0.3, -0.25) is 0 Å². The molecule has 1 aromatic rings. The number of hydrogen-bond donors (Lipinski definition) is 0. The van der Waals surface area contributed by atoms with Crippen molar-refractivity contribution >= 4 is 27.5 Å². The lowest BCUT2D eigenvalue weighted by Gasteiger charge is -2.23. The molecular formula is C14H19BrClN. The summed E-state index contributed by atoms with van der Waals surface area (Å²) < 4.78 is 1.11. The van der Waals surface area contributed by atoms with E-state index in [1.165, 1.54) is 44.3 Å². The second kappa shape index (κ2) is 6.77. The molecule has 3 heteroatoms. The van der Waals surface area contributed by atoms with Crippen LogP contribution in [0.5, 0.6) is 0 Å². The predicted molar refractivity (Wildman–Crippen MR) is 77.6 cm³/mol. The maximum atomic E-state index is 6.50. The number of benzene rings is 1. The molecule has 0 radical (unpaired) electrons. The minimum absolute atomic E-state index is 0.102. The van der Waals surface area contributed by atoms with Gasteiger partial charge in [0.15, 0.2) is 0 Å². The van der Waals surface area contributed by atoms with Crippen molar-refractivity contribution in [2.24, 2.45) is 0 Å². The first-order valence-corrected chi connectivity index (χ1v) is 7.60. The van der Waals surface area contributed by atoms with Crippen molar-refractivity contribution in [3.8, 4) is 0 Å². The highest BCUT2D eigenvalue weighted by Crippen LogP contribution is 2.25. The van der Waals surface area contributed by atoms with Crippen molar-refractivity contribution in [3.05, 3.63) is 34.3 Å². The van der Waals surface area contributed by atoms with Crippen LogP contribution in [0.15, 0.2) is 28.7 Å². The molecule has 0 aliphatic carbocycles. The van der Waals surface area contributed by atoms with E-state index in [1.54, 1.807) is 0 Å². The third-order valence-corrected chi connectivity index (χ3v) is 4.21. The predicted octanol–water partition coefficient (Wildman–Crippen LogP) is 4.61. The monoisotopic (exact) mass is 315 g/mol. The average molecular weight is 317 g/mol. The molecule has 1 unspecified atom stereocenters. The summed E-state index contributed by atoms with van der Waals surface area (Å²) in [4.78, 5) is 2.51. The summed E-state index contributed by atoms with van der Waals surface area (Å²) in [5.74, 6) is 0. The Hall–Kier alpha value is -0.0500. The van der Waals surface area contributed by atoms with Crippen LogP contribution in [-0.2, 0) is 0 Å². The fourth-order valence-corrected chi connectivity index (χ4v) is 3.10. The molecule has 0 amide bonds. The lowest BCUT2D eigenvalue weighted by atomic mass is 10.1. The first kappa shape index (κ1) is 13.4. The molecule has 17 heavy (non-hydrogen) atoms. The van der Waals surface area contributed by atoms with Gasteiger partial charge in [0, 0.05) is 11.0 Å². The Labute approximate surface area is 117 Å². The summed E-state index contributed by atoms with van der Waals surface area (Å²) in [6.07, 6.45) is 5.39. The number of halogens is 2. The molecule has 0 bridgehead atoms. The van der Waals surface area contributed by atoms with Crippen molar-refractivity contribution < 1.29 is 0 Å². The molecule has 0 spiro atoms. The van der Waals surface area contributed by atoms with E-state index in [-0.39, 0.29) is 5.38 Å². The van der Waals surface area contributed by atoms with E-state index in [4.69, 9.17) is 11.6 Å². The van der Waals surface area contributed by atoms with Gasteiger partial charge in [-0.25, -0.2) is 0 Å². The average Bonchev–Trinajstić information content (AvgIpc) is 2.57. The van der Waals surface area contributed by atoms with Gasteiger partial charge in [0.05, 0.1) is 5.38 Å². The van der Waals surface area contributed by atoms with Crippen LogP contribution < -0.4 is 0 Å². The molecule has 1 atom stereocenters. The molecule has 1 heterocycles. The van der Waals surface area contributed by atoms with Crippen molar-refractivity contribution in [1.82, 2.24) is 4.90 Å². The summed E-state index contributed by atoms with van der Waals surface area (Å²) in [6, 6.07) is 8.33. The number of alkyl halides is 1. The van der Waals surface area contributed by atoms with Gasteiger partial charge in [-0.15, -0.1) is 11.6 Å². The van der Waals surface area contributed by atoms with E-state index >= 15 is 0 Å². The van der Waals surface area contributed by atoms with Gasteiger partial charge in [-0.05, 0) is 43.6 Å². The quantitative estimate of drug-likeness (QED) is 0.736. The van der Waals surface area contributed by atoms with Crippen LogP contribution in [0.4, 0.5) is 0 Å². The Morgan fingerprint density at radius 2 is 1.88 bits per heavy atom. The highest BCUT2D eigenvalue weighted by Gasteiger charge is 2.15. The molecule has 1 aliphatic heterocycles.